The Kier molecular flexibility index (Phi) is 4.80. The van der Waals surface area contributed by atoms with Gasteiger partial charge in [-0.15, -0.1) is 11.3 Å². The smallest absolute Gasteiger partial charge is 0.225 e. The van der Waals surface area contributed by atoms with E-state index >= 15 is 0 Å². The van der Waals surface area contributed by atoms with Gasteiger partial charge in [0.25, 0.3) is 0 Å². The monoisotopic (exact) mass is 332 g/mol. The minimum atomic E-state index is 0.173. The fraction of sp³-hybridized carbons (Fsp3) is 0.588. The van der Waals surface area contributed by atoms with Crippen molar-refractivity contribution in [2.75, 3.05) is 31.1 Å². The molecule has 0 N–H and O–H groups in total. The number of aryl methyl sites for hydroxylation is 1. The number of rotatable bonds is 4. The molecule has 1 aliphatic heterocycles. The maximum atomic E-state index is 12.5. The molecule has 0 aromatic carbocycles. The first-order chi connectivity index (χ1) is 11.1. The average molecular weight is 332 g/mol. The number of piperazine rings is 1. The topological polar surface area (TPSA) is 49.3 Å². The van der Waals surface area contributed by atoms with Gasteiger partial charge >= 0.3 is 0 Å². The van der Waals surface area contributed by atoms with Crippen LogP contribution in [0.4, 0.5) is 5.82 Å². The number of thiophene rings is 1. The van der Waals surface area contributed by atoms with Crippen LogP contribution in [0.1, 0.15) is 31.6 Å². The van der Waals surface area contributed by atoms with Gasteiger partial charge in [-0.3, -0.25) is 4.79 Å². The van der Waals surface area contributed by atoms with Gasteiger partial charge in [0, 0.05) is 37.0 Å². The summed E-state index contributed by atoms with van der Waals surface area (Å²) in [6.07, 6.45) is 3.50. The molecule has 1 amide bonds. The summed E-state index contributed by atoms with van der Waals surface area (Å²) < 4.78 is 0. The van der Waals surface area contributed by atoms with Crippen molar-refractivity contribution < 1.29 is 4.79 Å². The maximum absolute atomic E-state index is 12.5. The van der Waals surface area contributed by atoms with Crippen LogP contribution >= 0.6 is 11.3 Å². The van der Waals surface area contributed by atoms with Gasteiger partial charge in [-0.1, -0.05) is 13.8 Å². The van der Waals surface area contributed by atoms with E-state index in [1.54, 1.807) is 17.7 Å². The molecule has 0 unspecified atom stereocenters. The second-order valence-electron chi connectivity index (χ2n) is 6.10. The predicted molar refractivity (Wildman–Crippen MR) is 95.0 cm³/mol. The van der Waals surface area contributed by atoms with E-state index in [0.717, 1.165) is 55.1 Å². The minimum Gasteiger partial charge on any atom is -0.352 e. The minimum absolute atomic E-state index is 0.173. The van der Waals surface area contributed by atoms with Crippen LogP contribution in [0, 0.1) is 12.8 Å². The Labute approximate surface area is 141 Å². The van der Waals surface area contributed by atoms with E-state index in [0.29, 0.717) is 5.91 Å². The number of fused-ring (bicyclic) bond motifs is 1. The van der Waals surface area contributed by atoms with Crippen molar-refractivity contribution in [3.8, 4) is 0 Å². The summed E-state index contributed by atoms with van der Waals surface area (Å²) in [6, 6.07) is 2.16. The Morgan fingerprint density at radius 1 is 1.22 bits per heavy atom. The molecule has 1 saturated heterocycles. The van der Waals surface area contributed by atoms with Crippen molar-refractivity contribution in [2.45, 2.75) is 33.6 Å². The number of hydrogen-bond acceptors (Lipinski definition) is 5. The van der Waals surface area contributed by atoms with Gasteiger partial charge in [-0.2, -0.15) is 0 Å². The lowest BCUT2D eigenvalue weighted by molar-refractivity contribution is -0.136. The van der Waals surface area contributed by atoms with Gasteiger partial charge in [0.15, 0.2) is 0 Å². The Morgan fingerprint density at radius 3 is 2.57 bits per heavy atom. The highest BCUT2D eigenvalue weighted by Crippen LogP contribution is 2.30. The fourth-order valence-electron chi connectivity index (χ4n) is 3.25. The van der Waals surface area contributed by atoms with Crippen LogP contribution in [-0.4, -0.2) is 47.0 Å². The third kappa shape index (κ3) is 3.17. The van der Waals surface area contributed by atoms with E-state index in [1.807, 2.05) is 4.90 Å². The van der Waals surface area contributed by atoms with Gasteiger partial charge < -0.3 is 9.80 Å². The molecule has 6 heteroatoms. The van der Waals surface area contributed by atoms with E-state index in [1.165, 1.54) is 4.88 Å². The van der Waals surface area contributed by atoms with Crippen molar-refractivity contribution in [1.29, 1.82) is 0 Å². The Morgan fingerprint density at radius 2 is 1.91 bits per heavy atom. The zero-order valence-electron chi connectivity index (χ0n) is 14.1. The van der Waals surface area contributed by atoms with Gasteiger partial charge in [0.1, 0.15) is 17.0 Å². The average Bonchev–Trinajstić information content (AvgIpc) is 2.96. The normalized spacial score (nSPS) is 15.7. The predicted octanol–water partition coefficient (Wildman–Crippen LogP) is 3.08. The summed E-state index contributed by atoms with van der Waals surface area (Å²) in [4.78, 5) is 28.0. The number of carbonyl (C=O) groups is 1. The van der Waals surface area contributed by atoms with Crippen LogP contribution in [0.3, 0.4) is 0 Å². The second-order valence-corrected chi connectivity index (χ2v) is 7.33. The van der Waals surface area contributed by atoms with E-state index in [9.17, 15) is 4.79 Å². The highest BCUT2D eigenvalue weighted by Gasteiger charge is 2.26. The summed E-state index contributed by atoms with van der Waals surface area (Å²) in [5.74, 6) is 1.50. The van der Waals surface area contributed by atoms with Crippen LogP contribution in [0.25, 0.3) is 10.2 Å². The Hall–Kier alpha value is -1.69. The zero-order valence-corrected chi connectivity index (χ0v) is 14.9. The molecule has 2 aromatic rings. The lowest BCUT2D eigenvalue weighted by atomic mass is 10.0. The molecule has 0 aliphatic carbocycles. The molecule has 3 heterocycles. The van der Waals surface area contributed by atoms with Crippen molar-refractivity contribution in [3.05, 3.63) is 17.3 Å². The van der Waals surface area contributed by atoms with Crippen molar-refractivity contribution in [1.82, 2.24) is 14.9 Å². The summed E-state index contributed by atoms with van der Waals surface area (Å²) in [5.41, 5.74) is 0. The third-order valence-electron chi connectivity index (χ3n) is 4.66. The number of carbonyl (C=O) groups excluding carboxylic acids is 1. The molecular weight excluding hydrogens is 308 g/mol. The molecule has 3 rings (SSSR count). The van der Waals surface area contributed by atoms with Gasteiger partial charge in [0.2, 0.25) is 5.91 Å². The first-order valence-electron chi connectivity index (χ1n) is 8.38. The van der Waals surface area contributed by atoms with Gasteiger partial charge in [0.05, 0.1) is 5.39 Å². The van der Waals surface area contributed by atoms with Gasteiger partial charge in [-0.25, -0.2) is 9.97 Å². The number of nitrogens with zero attached hydrogens (tertiary/aromatic N) is 4. The van der Waals surface area contributed by atoms with Crippen LogP contribution in [0.2, 0.25) is 0 Å². The SMILES string of the molecule is CCC(CC)C(=O)N1CCN(c2ncnc3sc(C)cc23)CC1. The number of hydrogen-bond donors (Lipinski definition) is 0. The molecular formula is C17H24N4OS. The molecule has 0 atom stereocenters. The first-order valence-corrected chi connectivity index (χ1v) is 9.20. The van der Waals surface area contributed by atoms with Crippen LogP contribution in [0.15, 0.2) is 12.4 Å². The molecule has 2 aromatic heterocycles. The highest BCUT2D eigenvalue weighted by molar-refractivity contribution is 7.18. The van der Waals surface area contributed by atoms with Crippen LogP contribution < -0.4 is 4.90 Å². The maximum Gasteiger partial charge on any atom is 0.225 e. The van der Waals surface area contributed by atoms with E-state index in [-0.39, 0.29) is 5.92 Å². The van der Waals surface area contributed by atoms with Crippen molar-refractivity contribution >= 4 is 33.3 Å². The number of amides is 1. The van der Waals surface area contributed by atoms with E-state index in [4.69, 9.17) is 0 Å². The molecule has 1 fully saturated rings. The number of anilines is 1. The summed E-state index contributed by atoms with van der Waals surface area (Å²) in [7, 11) is 0. The molecule has 124 valence electrons. The Balaban J connectivity index is 1.72. The Bertz CT molecular complexity index is 687. The lowest BCUT2D eigenvalue weighted by Crippen LogP contribution is -2.50. The summed E-state index contributed by atoms with van der Waals surface area (Å²) in [6.45, 7) is 9.54. The summed E-state index contributed by atoms with van der Waals surface area (Å²) >= 11 is 1.70. The second kappa shape index (κ2) is 6.83. The molecule has 5 nitrogen and oxygen atoms in total. The zero-order chi connectivity index (χ0) is 16.4. The van der Waals surface area contributed by atoms with Crippen molar-refractivity contribution in [3.63, 3.8) is 0 Å². The standard InChI is InChI=1S/C17H24N4OS/c1-4-13(5-2)17(22)21-8-6-20(7-9-21)15-14-10-12(3)23-16(14)19-11-18-15/h10-11,13H,4-9H2,1-3H3. The largest absolute Gasteiger partial charge is 0.352 e. The third-order valence-corrected chi connectivity index (χ3v) is 5.62. The molecule has 0 saturated carbocycles. The van der Waals surface area contributed by atoms with E-state index < -0.39 is 0 Å². The van der Waals surface area contributed by atoms with E-state index in [2.05, 4.69) is 41.7 Å². The van der Waals surface area contributed by atoms with Crippen LogP contribution in [0.5, 0.6) is 0 Å². The molecule has 0 spiro atoms. The molecule has 0 bridgehead atoms. The number of aromatic nitrogens is 2. The lowest BCUT2D eigenvalue weighted by Gasteiger charge is -2.37. The summed E-state index contributed by atoms with van der Waals surface area (Å²) in [5, 5.41) is 1.13. The molecule has 23 heavy (non-hydrogen) atoms. The van der Waals surface area contributed by atoms with Gasteiger partial charge in [-0.05, 0) is 25.8 Å². The first kappa shape index (κ1) is 16.2. The molecule has 1 aliphatic rings. The highest BCUT2D eigenvalue weighted by atomic mass is 32.1. The van der Waals surface area contributed by atoms with Crippen LogP contribution in [-0.2, 0) is 4.79 Å². The van der Waals surface area contributed by atoms with Crippen molar-refractivity contribution in [2.24, 2.45) is 5.92 Å². The fourth-order valence-corrected chi connectivity index (χ4v) is 4.09. The molecule has 0 radical (unpaired) electrons. The quantitative estimate of drug-likeness (QED) is 0.863.